The van der Waals surface area contributed by atoms with Crippen molar-refractivity contribution < 1.29 is 18.3 Å². The third-order valence-electron chi connectivity index (χ3n) is 3.35. The van der Waals surface area contributed by atoms with Gasteiger partial charge in [0, 0.05) is 16.0 Å². The summed E-state index contributed by atoms with van der Waals surface area (Å²) in [4.78, 5) is 12.1. The van der Waals surface area contributed by atoms with Gasteiger partial charge in [0.2, 0.25) is 0 Å². The average Bonchev–Trinajstić information content (AvgIpc) is 3.06. The molecule has 21 heavy (non-hydrogen) atoms. The molecule has 0 saturated carbocycles. The van der Waals surface area contributed by atoms with Crippen molar-refractivity contribution in [2.75, 3.05) is 11.5 Å². The predicted octanol–water partition coefficient (Wildman–Crippen LogP) is 2.43. The number of halogens is 1. The Bertz CT molecular complexity index is 809. The highest BCUT2D eigenvalue weighted by Crippen LogP contribution is 2.33. The first-order valence-electron chi connectivity index (χ1n) is 6.13. The van der Waals surface area contributed by atoms with Gasteiger partial charge in [-0.2, -0.15) is 5.10 Å². The molecule has 1 saturated heterocycles. The van der Waals surface area contributed by atoms with Crippen LogP contribution in [0.1, 0.15) is 22.8 Å². The van der Waals surface area contributed by atoms with Crippen molar-refractivity contribution in [2.24, 2.45) is 0 Å². The van der Waals surface area contributed by atoms with Gasteiger partial charge in [-0.1, -0.05) is 0 Å². The molecule has 9 heteroatoms. The maximum absolute atomic E-state index is 11.6. The van der Waals surface area contributed by atoms with Crippen LogP contribution in [0.5, 0.6) is 0 Å². The molecule has 1 atom stereocenters. The maximum atomic E-state index is 11.6. The van der Waals surface area contributed by atoms with Crippen LogP contribution in [0.2, 0.25) is 0 Å². The normalized spacial score (nSPS) is 20.7. The van der Waals surface area contributed by atoms with Gasteiger partial charge in [0.15, 0.2) is 9.84 Å². The van der Waals surface area contributed by atoms with E-state index in [2.05, 4.69) is 21.0 Å². The lowest BCUT2D eigenvalue weighted by atomic mass is 10.2. The highest BCUT2D eigenvalue weighted by molar-refractivity contribution is 9.10. The summed E-state index contributed by atoms with van der Waals surface area (Å²) in [5.41, 5.74) is 0.469. The summed E-state index contributed by atoms with van der Waals surface area (Å²) in [6.07, 6.45) is 1.90. The van der Waals surface area contributed by atoms with Crippen molar-refractivity contribution in [3.63, 3.8) is 0 Å². The molecule has 0 radical (unpaired) electrons. The van der Waals surface area contributed by atoms with Gasteiger partial charge in [0.05, 0.1) is 22.4 Å². The number of rotatable bonds is 3. The van der Waals surface area contributed by atoms with Gasteiger partial charge in [0.25, 0.3) is 0 Å². The van der Waals surface area contributed by atoms with Crippen molar-refractivity contribution in [2.45, 2.75) is 12.5 Å². The first-order valence-corrected chi connectivity index (χ1v) is 9.62. The fourth-order valence-corrected chi connectivity index (χ4v) is 5.47. The van der Waals surface area contributed by atoms with Crippen LogP contribution in [-0.4, -0.2) is 40.8 Å². The number of carboxylic acid groups (broad SMARTS) is 1. The second-order valence-electron chi connectivity index (χ2n) is 4.86. The minimum absolute atomic E-state index is 0.0152. The number of aromatic nitrogens is 2. The first-order chi connectivity index (χ1) is 9.85. The van der Waals surface area contributed by atoms with Crippen LogP contribution >= 0.6 is 27.3 Å². The van der Waals surface area contributed by atoms with Crippen LogP contribution in [0, 0.1) is 0 Å². The Hall–Kier alpha value is -1.19. The van der Waals surface area contributed by atoms with Crippen LogP contribution in [0.25, 0.3) is 10.6 Å². The van der Waals surface area contributed by atoms with Crippen LogP contribution in [0.15, 0.2) is 22.1 Å². The SMILES string of the molecule is O=C(O)c1cn(C2CCS(=O)(=O)C2)nc1-c1cc(Br)cs1. The van der Waals surface area contributed by atoms with E-state index in [4.69, 9.17) is 0 Å². The van der Waals surface area contributed by atoms with E-state index in [1.165, 1.54) is 22.2 Å². The second kappa shape index (κ2) is 5.22. The lowest BCUT2D eigenvalue weighted by molar-refractivity contribution is 0.0697. The van der Waals surface area contributed by atoms with E-state index in [0.717, 1.165) is 9.35 Å². The van der Waals surface area contributed by atoms with E-state index in [-0.39, 0.29) is 23.1 Å². The molecule has 6 nitrogen and oxygen atoms in total. The summed E-state index contributed by atoms with van der Waals surface area (Å²) in [6, 6.07) is 1.51. The predicted molar refractivity (Wildman–Crippen MR) is 82.5 cm³/mol. The molecule has 3 rings (SSSR count). The molecular formula is C12H11BrN2O4S2. The smallest absolute Gasteiger partial charge is 0.339 e. The van der Waals surface area contributed by atoms with Crippen LogP contribution in [0.3, 0.4) is 0 Å². The summed E-state index contributed by atoms with van der Waals surface area (Å²) in [6.45, 7) is 0. The molecule has 0 amide bonds. The molecule has 0 aromatic carbocycles. The van der Waals surface area contributed by atoms with E-state index >= 15 is 0 Å². The van der Waals surface area contributed by atoms with Gasteiger partial charge < -0.3 is 5.11 Å². The summed E-state index contributed by atoms with van der Waals surface area (Å²) in [5, 5.41) is 15.5. The number of nitrogens with zero attached hydrogens (tertiary/aromatic N) is 2. The molecule has 2 aromatic rings. The molecule has 1 unspecified atom stereocenters. The molecule has 0 bridgehead atoms. The Morgan fingerprint density at radius 2 is 2.29 bits per heavy atom. The Morgan fingerprint density at radius 3 is 2.81 bits per heavy atom. The Kier molecular flexibility index (Phi) is 3.66. The van der Waals surface area contributed by atoms with Crippen molar-refractivity contribution in [3.05, 3.63) is 27.7 Å². The summed E-state index contributed by atoms with van der Waals surface area (Å²) in [5.74, 6) is -0.928. The molecule has 1 N–H and O–H groups in total. The van der Waals surface area contributed by atoms with Crippen LogP contribution in [-0.2, 0) is 9.84 Å². The average molecular weight is 391 g/mol. The van der Waals surface area contributed by atoms with E-state index in [0.29, 0.717) is 12.1 Å². The third-order valence-corrected chi connectivity index (χ3v) is 6.79. The molecule has 112 valence electrons. The van der Waals surface area contributed by atoms with E-state index < -0.39 is 15.8 Å². The van der Waals surface area contributed by atoms with Crippen molar-refractivity contribution in [3.8, 4) is 10.6 Å². The lowest BCUT2D eigenvalue weighted by Crippen LogP contribution is -2.11. The molecule has 3 heterocycles. The Labute approximate surface area is 133 Å². The fraction of sp³-hybridized carbons (Fsp3) is 0.333. The molecule has 1 aliphatic heterocycles. The van der Waals surface area contributed by atoms with E-state index in [1.54, 1.807) is 6.07 Å². The van der Waals surface area contributed by atoms with E-state index in [1.807, 2.05) is 5.38 Å². The molecule has 0 aliphatic carbocycles. The molecule has 0 spiro atoms. The van der Waals surface area contributed by atoms with Gasteiger partial charge in [-0.15, -0.1) is 11.3 Å². The zero-order valence-electron chi connectivity index (χ0n) is 10.7. The van der Waals surface area contributed by atoms with Crippen molar-refractivity contribution in [1.29, 1.82) is 0 Å². The van der Waals surface area contributed by atoms with Crippen molar-refractivity contribution in [1.82, 2.24) is 9.78 Å². The first kappa shape index (κ1) is 14.7. The number of aromatic carboxylic acids is 1. The van der Waals surface area contributed by atoms with Gasteiger partial charge in [0.1, 0.15) is 11.3 Å². The highest BCUT2D eigenvalue weighted by Gasteiger charge is 2.31. The standard InChI is InChI=1S/C12H11BrN2O4S2/c13-7-3-10(20-5-7)11-9(12(16)17)4-15(14-11)8-1-2-21(18,19)6-8/h3-5,8H,1-2,6H2,(H,16,17). The summed E-state index contributed by atoms with van der Waals surface area (Å²) >= 11 is 4.71. The number of hydrogen-bond acceptors (Lipinski definition) is 5. The van der Waals surface area contributed by atoms with Crippen molar-refractivity contribution >= 4 is 43.1 Å². The summed E-state index contributed by atoms with van der Waals surface area (Å²) in [7, 11) is -3.04. The minimum atomic E-state index is -3.04. The third kappa shape index (κ3) is 2.90. The monoisotopic (exact) mass is 390 g/mol. The lowest BCUT2D eigenvalue weighted by Gasteiger charge is -2.07. The Morgan fingerprint density at radius 1 is 1.52 bits per heavy atom. The molecule has 1 aliphatic rings. The molecular weight excluding hydrogens is 380 g/mol. The van der Waals surface area contributed by atoms with Crippen LogP contribution in [0.4, 0.5) is 0 Å². The largest absolute Gasteiger partial charge is 0.478 e. The number of carboxylic acids is 1. The number of hydrogen-bond donors (Lipinski definition) is 1. The second-order valence-corrected chi connectivity index (χ2v) is 8.92. The molecule has 2 aromatic heterocycles. The zero-order valence-corrected chi connectivity index (χ0v) is 13.9. The number of carbonyl (C=O) groups is 1. The quantitative estimate of drug-likeness (QED) is 0.868. The Balaban J connectivity index is 2.03. The number of sulfone groups is 1. The summed E-state index contributed by atoms with van der Waals surface area (Å²) < 4.78 is 25.4. The topological polar surface area (TPSA) is 89.3 Å². The highest BCUT2D eigenvalue weighted by atomic mass is 79.9. The number of thiophene rings is 1. The zero-order chi connectivity index (χ0) is 15.2. The van der Waals surface area contributed by atoms with Gasteiger partial charge in [-0.3, -0.25) is 4.68 Å². The van der Waals surface area contributed by atoms with Gasteiger partial charge in [-0.05, 0) is 28.4 Å². The maximum Gasteiger partial charge on any atom is 0.339 e. The fourth-order valence-electron chi connectivity index (χ4n) is 2.34. The molecule has 1 fully saturated rings. The van der Waals surface area contributed by atoms with Gasteiger partial charge in [-0.25, -0.2) is 13.2 Å². The minimum Gasteiger partial charge on any atom is -0.478 e. The van der Waals surface area contributed by atoms with Crippen LogP contribution < -0.4 is 0 Å². The van der Waals surface area contributed by atoms with Gasteiger partial charge >= 0.3 is 5.97 Å². The van der Waals surface area contributed by atoms with E-state index in [9.17, 15) is 18.3 Å².